The minimum atomic E-state index is -0.410. The van der Waals surface area contributed by atoms with E-state index >= 15 is 0 Å². The smallest absolute Gasteiger partial charge is 0.201 e. The zero-order valence-corrected chi connectivity index (χ0v) is 11.1. The molecule has 1 aromatic heterocycles. The van der Waals surface area contributed by atoms with Crippen molar-refractivity contribution in [2.45, 2.75) is 6.29 Å². The summed E-state index contributed by atoms with van der Waals surface area (Å²) >= 11 is 7.40. The van der Waals surface area contributed by atoms with Crippen molar-refractivity contribution < 1.29 is 9.47 Å². The first-order valence-corrected chi connectivity index (χ1v) is 6.27. The van der Waals surface area contributed by atoms with E-state index in [0.29, 0.717) is 0 Å². The molecule has 0 atom stereocenters. The molecule has 2 rings (SSSR count). The Balaban J connectivity index is 2.26. The summed E-state index contributed by atoms with van der Waals surface area (Å²) in [6.07, 6.45) is -0.410. The highest BCUT2D eigenvalue weighted by molar-refractivity contribution is 7.13. The van der Waals surface area contributed by atoms with E-state index in [9.17, 15) is 0 Å². The van der Waals surface area contributed by atoms with Gasteiger partial charge in [-0.3, -0.25) is 0 Å². The van der Waals surface area contributed by atoms with Crippen LogP contribution in [-0.4, -0.2) is 19.2 Å². The van der Waals surface area contributed by atoms with Gasteiger partial charge >= 0.3 is 0 Å². The summed E-state index contributed by atoms with van der Waals surface area (Å²) in [5.74, 6) is 0. The number of methoxy groups -OCH3 is 2. The zero-order valence-electron chi connectivity index (χ0n) is 9.51. The third kappa shape index (κ3) is 2.84. The fraction of sp³-hybridized carbons (Fsp3) is 0.250. The van der Waals surface area contributed by atoms with Gasteiger partial charge in [-0.15, -0.1) is 11.3 Å². The second-order valence-electron chi connectivity index (χ2n) is 3.39. The molecule has 2 aromatic rings. The first kappa shape index (κ1) is 12.5. The van der Waals surface area contributed by atoms with E-state index in [2.05, 4.69) is 4.98 Å². The maximum atomic E-state index is 5.84. The fourth-order valence-corrected chi connectivity index (χ4v) is 2.41. The van der Waals surface area contributed by atoms with Gasteiger partial charge in [0.05, 0.1) is 0 Å². The summed E-state index contributed by atoms with van der Waals surface area (Å²) in [5, 5.41) is 3.58. The van der Waals surface area contributed by atoms with E-state index in [1.54, 1.807) is 25.6 Å². The van der Waals surface area contributed by atoms with Crippen LogP contribution in [0.5, 0.6) is 0 Å². The number of aromatic nitrogens is 1. The van der Waals surface area contributed by atoms with Gasteiger partial charge in [-0.2, -0.15) is 0 Å². The summed E-state index contributed by atoms with van der Waals surface area (Å²) < 4.78 is 10.3. The number of benzene rings is 1. The lowest BCUT2D eigenvalue weighted by Gasteiger charge is -2.09. The molecular weight excluding hydrogens is 258 g/mol. The standard InChI is InChI=1S/C12H12ClNO2S/c1-15-12(16-2)10-7-17-11(14-10)8-3-5-9(13)6-4-8/h3-7,12H,1-2H3. The minimum absolute atomic E-state index is 0.410. The van der Waals surface area contributed by atoms with Crippen LogP contribution in [0.15, 0.2) is 29.6 Å². The Bertz CT molecular complexity index is 480. The summed E-state index contributed by atoms with van der Waals surface area (Å²) in [6, 6.07) is 7.59. The maximum Gasteiger partial charge on any atom is 0.201 e. The van der Waals surface area contributed by atoms with E-state index < -0.39 is 6.29 Å². The van der Waals surface area contributed by atoms with Crippen molar-refractivity contribution in [1.82, 2.24) is 4.98 Å². The second kappa shape index (κ2) is 5.60. The number of hydrogen-bond acceptors (Lipinski definition) is 4. The molecule has 0 saturated heterocycles. The highest BCUT2D eigenvalue weighted by atomic mass is 35.5. The fourth-order valence-electron chi connectivity index (χ4n) is 1.46. The van der Waals surface area contributed by atoms with Gasteiger partial charge in [-0.05, 0) is 12.1 Å². The molecule has 1 aromatic carbocycles. The number of ether oxygens (including phenoxy) is 2. The minimum Gasteiger partial charge on any atom is -0.350 e. The van der Waals surface area contributed by atoms with Crippen molar-refractivity contribution in [3.8, 4) is 10.6 Å². The quantitative estimate of drug-likeness (QED) is 0.792. The molecule has 0 N–H and O–H groups in total. The zero-order chi connectivity index (χ0) is 12.3. The Morgan fingerprint density at radius 3 is 2.41 bits per heavy atom. The van der Waals surface area contributed by atoms with Crippen molar-refractivity contribution in [2.24, 2.45) is 0 Å². The van der Waals surface area contributed by atoms with Crippen LogP contribution >= 0.6 is 22.9 Å². The normalized spacial score (nSPS) is 11.1. The number of hydrogen-bond donors (Lipinski definition) is 0. The molecule has 0 fully saturated rings. The average molecular weight is 270 g/mol. The van der Waals surface area contributed by atoms with Crippen LogP contribution in [0, 0.1) is 0 Å². The third-order valence-electron chi connectivity index (χ3n) is 2.28. The molecule has 0 amide bonds. The van der Waals surface area contributed by atoms with Gasteiger partial charge in [0, 0.05) is 30.2 Å². The molecule has 17 heavy (non-hydrogen) atoms. The van der Waals surface area contributed by atoms with E-state index in [1.807, 2.05) is 29.6 Å². The predicted octanol–water partition coefficient (Wildman–Crippen LogP) is 3.75. The van der Waals surface area contributed by atoms with Gasteiger partial charge in [-0.1, -0.05) is 23.7 Å². The first-order valence-electron chi connectivity index (χ1n) is 5.01. The van der Waals surface area contributed by atoms with Crippen LogP contribution in [0.25, 0.3) is 10.6 Å². The van der Waals surface area contributed by atoms with Gasteiger partial charge in [0.1, 0.15) is 10.7 Å². The van der Waals surface area contributed by atoms with E-state index in [0.717, 1.165) is 21.3 Å². The van der Waals surface area contributed by atoms with Crippen LogP contribution < -0.4 is 0 Å². The van der Waals surface area contributed by atoms with Gasteiger partial charge in [0.15, 0.2) is 0 Å². The molecular formula is C12H12ClNO2S. The average Bonchev–Trinajstić information content (AvgIpc) is 2.81. The molecule has 0 radical (unpaired) electrons. The van der Waals surface area contributed by atoms with Gasteiger partial charge in [0.2, 0.25) is 6.29 Å². The van der Waals surface area contributed by atoms with Crippen LogP contribution in [0.1, 0.15) is 12.0 Å². The van der Waals surface area contributed by atoms with Gasteiger partial charge in [0.25, 0.3) is 0 Å². The molecule has 3 nitrogen and oxygen atoms in total. The molecule has 0 aliphatic rings. The largest absolute Gasteiger partial charge is 0.350 e. The Hall–Kier alpha value is -0.940. The van der Waals surface area contributed by atoms with Crippen LogP contribution in [0.4, 0.5) is 0 Å². The Morgan fingerprint density at radius 2 is 1.82 bits per heavy atom. The molecule has 0 aliphatic carbocycles. The summed E-state index contributed by atoms with van der Waals surface area (Å²) in [4.78, 5) is 4.48. The second-order valence-corrected chi connectivity index (χ2v) is 4.68. The van der Waals surface area contributed by atoms with Crippen molar-refractivity contribution in [2.75, 3.05) is 14.2 Å². The molecule has 0 saturated carbocycles. The van der Waals surface area contributed by atoms with E-state index in [4.69, 9.17) is 21.1 Å². The van der Waals surface area contributed by atoms with Crippen LogP contribution in [-0.2, 0) is 9.47 Å². The highest BCUT2D eigenvalue weighted by Crippen LogP contribution is 2.28. The van der Waals surface area contributed by atoms with Gasteiger partial charge in [-0.25, -0.2) is 4.98 Å². The van der Waals surface area contributed by atoms with Crippen LogP contribution in [0.2, 0.25) is 5.02 Å². The summed E-state index contributed by atoms with van der Waals surface area (Å²) in [5.41, 5.74) is 1.82. The lowest BCUT2D eigenvalue weighted by atomic mass is 10.2. The summed E-state index contributed by atoms with van der Waals surface area (Å²) in [6.45, 7) is 0. The predicted molar refractivity (Wildman–Crippen MR) is 69.3 cm³/mol. The van der Waals surface area contributed by atoms with E-state index in [1.165, 1.54) is 0 Å². The Labute approximate surface area is 109 Å². The molecule has 0 unspecified atom stereocenters. The number of nitrogens with zero attached hydrogens (tertiary/aromatic N) is 1. The van der Waals surface area contributed by atoms with E-state index in [-0.39, 0.29) is 0 Å². The molecule has 5 heteroatoms. The first-order chi connectivity index (χ1) is 8.24. The number of halogens is 1. The van der Waals surface area contributed by atoms with Crippen molar-refractivity contribution in [3.05, 3.63) is 40.4 Å². The Morgan fingerprint density at radius 1 is 1.18 bits per heavy atom. The SMILES string of the molecule is COC(OC)c1csc(-c2ccc(Cl)cc2)n1. The topological polar surface area (TPSA) is 31.4 Å². The maximum absolute atomic E-state index is 5.84. The molecule has 0 spiro atoms. The third-order valence-corrected chi connectivity index (χ3v) is 3.44. The molecule has 0 aliphatic heterocycles. The number of thiazole rings is 1. The van der Waals surface area contributed by atoms with Gasteiger partial charge < -0.3 is 9.47 Å². The molecule has 0 bridgehead atoms. The lowest BCUT2D eigenvalue weighted by molar-refractivity contribution is -0.108. The molecule has 90 valence electrons. The highest BCUT2D eigenvalue weighted by Gasteiger charge is 2.13. The monoisotopic (exact) mass is 269 g/mol. The molecule has 1 heterocycles. The van der Waals surface area contributed by atoms with Crippen molar-refractivity contribution in [3.63, 3.8) is 0 Å². The summed E-state index contributed by atoms with van der Waals surface area (Å²) in [7, 11) is 3.19. The lowest BCUT2D eigenvalue weighted by Crippen LogP contribution is -2.03. The Kier molecular flexibility index (Phi) is 4.12. The van der Waals surface area contributed by atoms with Crippen molar-refractivity contribution in [1.29, 1.82) is 0 Å². The number of rotatable bonds is 4. The van der Waals surface area contributed by atoms with Crippen LogP contribution in [0.3, 0.4) is 0 Å². The van der Waals surface area contributed by atoms with Crippen molar-refractivity contribution >= 4 is 22.9 Å².